The zero-order chi connectivity index (χ0) is 13.4. The summed E-state index contributed by atoms with van der Waals surface area (Å²) in [5.74, 6) is 0.779. The van der Waals surface area contributed by atoms with Crippen LogP contribution in [-0.2, 0) is 7.05 Å². The lowest BCUT2D eigenvalue weighted by Gasteiger charge is -2.04. The van der Waals surface area contributed by atoms with Crippen molar-refractivity contribution in [3.8, 4) is 17.0 Å². The molecule has 0 bridgehead atoms. The highest BCUT2D eigenvalue weighted by Crippen LogP contribution is 2.20. The minimum Gasteiger partial charge on any atom is -0.497 e. The molecule has 0 radical (unpaired) electrons. The molecular weight excluding hydrogens is 242 g/mol. The van der Waals surface area contributed by atoms with Gasteiger partial charge in [-0.1, -0.05) is 0 Å². The van der Waals surface area contributed by atoms with Gasteiger partial charge in [-0.05, 0) is 24.3 Å². The van der Waals surface area contributed by atoms with Gasteiger partial charge >= 0.3 is 0 Å². The Balaban J connectivity index is 2.17. The Morgan fingerprint density at radius 1 is 1.16 bits per heavy atom. The van der Waals surface area contributed by atoms with Gasteiger partial charge in [-0.25, -0.2) is 4.98 Å². The predicted octanol–water partition coefficient (Wildman–Crippen LogP) is 1.71. The SMILES string of the molecule is COc1ccc(-c2cc(=O)n3c(ccn3C)n2)cc1. The third kappa shape index (κ3) is 1.89. The molecule has 0 aliphatic rings. The molecule has 0 N–H and O–H groups in total. The van der Waals surface area contributed by atoms with E-state index in [-0.39, 0.29) is 5.56 Å². The number of aryl methyl sites for hydroxylation is 1. The van der Waals surface area contributed by atoms with Gasteiger partial charge in [-0.3, -0.25) is 9.48 Å². The van der Waals surface area contributed by atoms with Crippen molar-refractivity contribution in [2.24, 2.45) is 7.05 Å². The molecule has 2 heterocycles. The molecule has 0 fully saturated rings. The zero-order valence-electron chi connectivity index (χ0n) is 10.7. The van der Waals surface area contributed by atoms with Crippen molar-refractivity contribution < 1.29 is 4.74 Å². The van der Waals surface area contributed by atoms with E-state index < -0.39 is 0 Å². The van der Waals surface area contributed by atoms with Crippen LogP contribution in [0, 0.1) is 0 Å². The molecule has 1 aromatic carbocycles. The smallest absolute Gasteiger partial charge is 0.273 e. The fraction of sp³-hybridized carbons (Fsp3) is 0.143. The highest BCUT2D eigenvalue weighted by molar-refractivity contribution is 5.62. The van der Waals surface area contributed by atoms with Gasteiger partial charge in [0.1, 0.15) is 5.75 Å². The van der Waals surface area contributed by atoms with Crippen molar-refractivity contribution in [2.45, 2.75) is 0 Å². The minimum atomic E-state index is -0.0941. The summed E-state index contributed by atoms with van der Waals surface area (Å²) < 4.78 is 8.34. The zero-order valence-corrected chi connectivity index (χ0v) is 10.7. The Labute approximate surface area is 109 Å². The molecule has 0 atom stereocenters. The van der Waals surface area contributed by atoms with Crippen molar-refractivity contribution in [3.05, 3.63) is 52.9 Å². The first kappa shape index (κ1) is 11.5. The Morgan fingerprint density at radius 2 is 1.89 bits per heavy atom. The van der Waals surface area contributed by atoms with Crippen LogP contribution in [0.15, 0.2) is 47.4 Å². The summed E-state index contributed by atoms with van der Waals surface area (Å²) in [5.41, 5.74) is 2.10. The fourth-order valence-electron chi connectivity index (χ4n) is 2.07. The second-order valence-electron chi connectivity index (χ2n) is 4.27. The Kier molecular flexibility index (Phi) is 2.59. The van der Waals surface area contributed by atoms with E-state index in [1.54, 1.807) is 11.8 Å². The topological polar surface area (TPSA) is 48.5 Å². The lowest BCUT2D eigenvalue weighted by atomic mass is 10.1. The molecule has 19 heavy (non-hydrogen) atoms. The number of methoxy groups -OCH3 is 1. The average Bonchev–Trinajstić information content (AvgIpc) is 2.81. The van der Waals surface area contributed by atoms with Crippen LogP contribution in [0.25, 0.3) is 16.9 Å². The lowest BCUT2D eigenvalue weighted by Crippen LogP contribution is -2.18. The number of hydrogen-bond acceptors (Lipinski definition) is 3. The predicted molar refractivity (Wildman–Crippen MR) is 72.4 cm³/mol. The van der Waals surface area contributed by atoms with Gasteiger partial charge in [0.25, 0.3) is 5.56 Å². The highest BCUT2D eigenvalue weighted by atomic mass is 16.5. The van der Waals surface area contributed by atoms with Crippen LogP contribution >= 0.6 is 0 Å². The number of rotatable bonds is 2. The summed E-state index contributed by atoms with van der Waals surface area (Å²) in [5, 5.41) is 0. The van der Waals surface area contributed by atoms with Gasteiger partial charge < -0.3 is 4.74 Å². The van der Waals surface area contributed by atoms with Crippen molar-refractivity contribution >= 4 is 5.65 Å². The number of ether oxygens (including phenoxy) is 1. The van der Waals surface area contributed by atoms with E-state index in [2.05, 4.69) is 4.98 Å². The molecule has 0 unspecified atom stereocenters. The maximum Gasteiger partial charge on any atom is 0.273 e. The van der Waals surface area contributed by atoms with Gasteiger partial charge in [-0.15, -0.1) is 0 Å². The first-order valence-corrected chi connectivity index (χ1v) is 5.89. The summed E-state index contributed by atoms with van der Waals surface area (Å²) in [6.45, 7) is 0. The van der Waals surface area contributed by atoms with E-state index in [1.165, 1.54) is 10.6 Å². The lowest BCUT2D eigenvalue weighted by molar-refractivity contribution is 0.415. The molecule has 5 heteroatoms. The van der Waals surface area contributed by atoms with Crippen LogP contribution in [0.1, 0.15) is 0 Å². The second-order valence-corrected chi connectivity index (χ2v) is 4.27. The molecule has 0 aliphatic carbocycles. The van der Waals surface area contributed by atoms with Gasteiger partial charge in [0.2, 0.25) is 0 Å². The molecule has 3 rings (SSSR count). The highest BCUT2D eigenvalue weighted by Gasteiger charge is 2.06. The quantitative estimate of drug-likeness (QED) is 0.700. The van der Waals surface area contributed by atoms with Crippen LogP contribution in [0.4, 0.5) is 0 Å². The molecule has 5 nitrogen and oxygen atoms in total. The van der Waals surface area contributed by atoms with Crippen LogP contribution in [0.5, 0.6) is 5.75 Å². The van der Waals surface area contributed by atoms with E-state index in [9.17, 15) is 4.79 Å². The largest absolute Gasteiger partial charge is 0.497 e. The molecule has 3 aromatic rings. The standard InChI is InChI=1S/C14H13N3O2/c1-16-8-7-13-15-12(9-14(18)17(13)16)10-3-5-11(19-2)6-4-10/h3-9H,1-2H3. The third-order valence-electron chi connectivity index (χ3n) is 3.06. The van der Waals surface area contributed by atoms with E-state index in [1.807, 2.05) is 43.6 Å². The Bertz CT molecular complexity index is 785. The summed E-state index contributed by atoms with van der Waals surface area (Å²) in [6, 6.07) is 10.8. The normalized spacial score (nSPS) is 10.8. The molecule has 0 saturated heterocycles. The van der Waals surface area contributed by atoms with Crippen molar-refractivity contribution in [1.82, 2.24) is 14.2 Å². The third-order valence-corrected chi connectivity index (χ3v) is 3.06. The summed E-state index contributed by atoms with van der Waals surface area (Å²) >= 11 is 0. The van der Waals surface area contributed by atoms with Gasteiger partial charge in [-0.2, -0.15) is 4.52 Å². The fourth-order valence-corrected chi connectivity index (χ4v) is 2.07. The maximum atomic E-state index is 12.1. The number of benzene rings is 1. The number of nitrogens with zero attached hydrogens (tertiary/aromatic N) is 3. The van der Waals surface area contributed by atoms with Crippen molar-refractivity contribution in [2.75, 3.05) is 7.11 Å². The molecule has 0 amide bonds. The molecule has 2 aromatic heterocycles. The summed E-state index contributed by atoms with van der Waals surface area (Å²) in [7, 11) is 3.43. The van der Waals surface area contributed by atoms with Crippen LogP contribution in [0.3, 0.4) is 0 Å². The molecule has 96 valence electrons. The summed E-state index contributed by atoms with van der Waals surface area (Å²) in [4.78, 5) is 16.5. The first-order chi connectivity index (χ1) is 9.19. The van der Waals surface area contributed by atoms with E-state index >= 15 is 0 Å². The van der Waals surface area contributed by atoms with Crippen molar-refractivity contribution in [1.29, 1.82) is 0 Å². The number of fused-ring (bicyclic) bond motifs is 1. The van der Waals surface area contributed by atoms with Gasteiger partial charge in [0.05, 0.1) is 12.8 Å². The van der Waals surface area contributed by atoms with Crippen LogP contribution < -0.4 is 10.3 Å². The first-order valence-electron chi connectivity index (χ1n) is 5.89. The molecular formula is C14H13N3O2. The Morgan fingerprint density at radius 3 is 2.58 bits per heavy atom. The van der Waals surface area contributed by atoms with E-state index in [0.717, 1.165) is 11.3 Å². The van der Waals surface area contributed by atoms with Gasteiger partial charge in [0, 0.05) is 30.9 Å². The number of aromatic nitrogens is 3. The van der Waals surface area contributed by atoms with Gasteiger partial charge in [0.15, 0.2) is 5.65 Å². The van der Waals surface area contributed by atoms with Crippen LogP contribution in [-0.4, -0.2) is 21.3 Å². The monoisotopic (exact) mass is 255 g/mol. The molecule has 0 aliphatic heterocycles. The van der Waals surface area contributed by atoms with Crippen molar-refractivity contribution in [3.63, 3.8) is 0 Å². The Hall–Kier alpha value is -2.56. The molecule has 0 saturated carbocycles. The average molecular weight is 255 g/mol. The second kappa shape index (κ2) is 4.28. The van der Waals surface area contributed by atoms with E-state index in [0.29, 0.717) is 11.3 Å². The molecule has 0 spiro atoms. The maximum absolute atomic E-state index is 12.1. The summed E-state index contributed by atoms with van der Waals surface area (Å²) in [6.07, 6.45) is 1.81. The van der Waals surface area contributed by atoms with Crippen LogP contribution in [0.2, 0.25) is 0 Å². The minimum absolute atomic E-state index is 0.0941. The number of hydrogen-bond donors (Lipinski definition) is 0. The van der Waals surface area contributed by atoms with E-state index in [4.69, 9.17) is 4.74 Å².